The first kappa shape index (κ1) is 24.6. The summed E-state index contributed by atoms with van der Waals surface area (Å²) in [5, 5.41) is 8.88. The molecule has 0 heterocycles. The Morgan fingerprint density at radius 3 is 2.07 bits per heavy atom. The number of amides is 1. The van der Waals surface area contributed by atoms with E-state index in [-0.39, 0.29) is 0 Å². The van der Waals surface area contributed by atoms with Gasteiger partial charge in [-0.15, -0.1) is 0 Å². The van der Waals surface area contributed by atoms with Crippen LogP contribution in [0, 0.1) is 11.3 Å². The SMILES string of the molecule is CCCN(CCC)C(=O)[C@H](C)N(CC(F)(F)F)c1ccc(C#N)c(C(F)(F)F)c1. The number of halogens is 6. The first-order chi connectivity index (χ1) is 13.4. The molecule has 0 spiro atoms. The maximum atomic E-state index is 13.2. The molecule has 1 aromatic carbocycles. The van der Waals surface area contributed by atoms with Crippen molar-refractivity contribution in [1.29, 1.82) is 5.26 Å². The zero-order chi connectivity index (χ0) is 22.4. The van der Waals surface area contributed by atoms with Gasteiger partial charge in [0.05, 0.1) is 17.2 Å². The average Bonchev–Trinajstić information content (AvgIpc) is 2.63. The summed E-state index contributed by atoms with van der Waals surface area (Å²) < 4.78 is 79.2. The van der Waals surface area contributed by atoms with Crippen molar-refractivity contribution in [2.45, 2.75) is 52.0 Å². The van der Waals surface area contributed by atoms with Gasteiger partial charge in [-0.3, -0.25) is 4.79 Å². The van der Waals surface area contributed by atoms with Crippen LogP contribution in [-0.4, -0.2) is 42.7 Å². The van der Waals surface area contributed by atoms with Crippen molar-refractivity contribution >= 4 is 11.6 Å². The Kier molecular flexibility index (Phi) is 8.36. The van der Waals surface area contributed by atoms with Gasteiger partial charge in [0, 0.05) is 18.8 Å². The highest BCUT2D eigenvalue weighted by Gasteiger charge is 2.38. The first-order valence-electron chi connectivity index (χ1n) is 9.09. The van der Waals surface area contributed by atoms with Crippen LogP contribution in [0.15, 0.2) is 18.2 Å². The summed E-state index contributed by atoms with van der Waals surface area (Å²) in [6.45, 7) is 3.91. The van der Waals surface area contributed by atoms with Gasteiger partial charge in [-0.05, 0) is 38.0 Å². The number of rotatable bonds is 8. The summed E-state index contributed by atoms with van der Waals surface area (Å²) >= 11 is 0. The third-order valence-corrected chi connectivity index (χ3v) is 4.23. The van der Waals surface area contributed by atoms with Crippen LogP contribution in [0.25, 0.3) is 0 Å². The Hall–Kier alpha value is -2.44. The Morgan fingerprint density at radius 1 is 1.10 bits per heavy atom. The van der Waals surface area contributed by atoms with Crippen molar-refractivity contribution in [2.24, 2.45) is 0 Å². The van der Waals surface area contributed by atoms with Crippen LogP contribution in [-0.2, 0) is 11.0 Å². The average molecular weight is 423 g/mol. The molecule has 0 aliphatic rings. The van der Waals surface area contributed by atoms with Gasteiger partial charge in [-0.2, -0.15) is 31.6 Å². The molecule has 0 unspecified atom stereocenters. The van der Waals surface area contributed by atoms with Crippen LogP contribution in [0.5, 0.6) is 0 Å². The van der Waals surface area contributed by atoms with Crippen molar-refractivity contribution in [1.82, 2.24) is 4.90 Å². The summed E-state index contributed by atoms with van der Waals surface area (Å²) in [5.74, 6) is -0.601. The molecule has 1 amide bonds. The predicted molar refractivity (Wildman–Crippen MR) is 96.2 cm³/mol. The minimum absolute atomic E-state index is 0.331. The molecule has 0 aliphatic carbocycles. The second-order valence-corrected chi connectivity index (χ2v) is 6.58. The Labute approximate surface area is 165 Å². The monoisotopic (exact) mass is 423 g/mol. The molecule has 0 saturated carbocycles. The number of anilines is 1. The number of alkyl halides is 6. The minimum Gasteiger partial charge on any atom is -0.351 e. The van der Waals surface area contributed by atoms with Crippen LogP contribution in [0.1, 0.15) is 44.7 Å². The largest absolute Gasteiger partial charge is 0.417 e. The van der Waals surface area contributed by atoms with Crippen LogP contribution in [0.3, 0.4) is 0 Å². The lowest BCUT2D eigenvalue weighted by Crippen LogP contribution is -2.50. The van der Waals surface area contributed by atoms with Crippen molar-refractivity contribution in [3.8, 4) is 6.07 Å². The quantitative estimate of drug-likeness (QED) is 0.554. The van der Waals surface area contributed by atoms with Crippen LogP contribution >= 0.6 is 0 Å². The molecule has 10 heteroatoms. The van der Waals surface area contributed by atoms with Crippen LogP contribution in [0.4, 0.5) is 32.0 Å². The van der Waals surface area contributed by atoms with Gasteiger partial charge in [-0.1, -0.05) is 13.8 Å². The third-order valence-electron chi connectivity index (χ3n) is 4.23. The molecule has 0 aromatic heterocycles. The molecular weight excluding hydrogens is 400 g/mol. The van der Waals surface area contributed by atoms with E-state index >= 15 is 0 Å². The minimum atomic E-state index is -4.92. The maximum Gasteiger partial charge on any atom is 0.417 e. The van der Waals surface area contributed by atoms with E-state index in [9.17, 15) is 31.1 Å². The molecule has 0 radical (unpaired) electrons. The molecule has 1 rings (SSSR count). The topological polar surface area (TPSA) is 47.3 Å². The number of hydrogen-bond acceptors (Lipinski definition) is 3. The van der Waals surface area contributed by atoms with E-state index in [0.29, 0.717) is 36.9 Å². The van der Waals surface area contributed by atoms with Gasteiger partial charge < -0.3 is 9.80 Å². The molecule has 4 nitrogen and oxygen atoms in total. The summed E-state index contributed by atoms with van der Waals surface area (Å²) in [5.41, 5.74) is -2.48. The van der Waals surface area contributed by atoms with E-state index in [1.54, 1.807) is 0 Å². The van der Waals surface area contributed by atoms with Gasteiger partial charge in [0.15, 0.2) is 0 Å². The Balaban J connectivity index is 3.43. The number of carbonyl (C=O) groups is 1. The molecule has 0 saturated heterocycles. The lowest BCUT2D eigenvalue weighted by molar-refractivity contribution is -0.137. The third kappa shape index (κ3) is 6.84. The van der Waals surface area contributed by atoms with Gasteiger partial charge in [0.25, 0.3) is 0 Å². The molecular formula is C19H23F6N3O. The van der Waals surface area contributed by atoms with Gasteiger partial charge in [0.1, 0.15) is 12.6 Å². The predicted octanol–water partition coefficient (Wildman–Crippen LogP) is 4.98. The van der Waals surface area contributed by atoms with E-state index in [1.165, 1.54) is 17.9 Å². The fourth-order valence-corrected chi connectivity index (χ4v) is 2.96. The van der Waals surface area contributed by atoms with Crippen molar-refractivity contribution in [3.63, 3.8) is 0 Å². The maximum absolute atomic E-state index is 13.2. The van der Waals surface area contributed by atoms with E-state index in [2.05, 4.69) is 0 Å². The van der Waals surface area contributed by atoms with Gasteiger partial charge >= 0.3 is 12.4 Å². The lowest BCUT2D eigenvalue weighted by Gasteiger charge is -2.35. The zero-order valence-electron chi connectivity index (χ0n) is 16.4. The Morgan fingerprint density at radius 2 is 1.66 bits per heavy atom. The molecule has 0 N–H and O–H groups in total. The fraction of sp³-hybridized carbons (Fsp3) is 0.579. The normalized spacial score (nSPS) is 13.0. The number of nitrogens with zero attached hydrogens (tertiary/aromatic N) is 3. The molecule has 162 valence electrons. The number of hydrogen-bond donors (Lipinski definition) is 0. The zero-order valence-corrected chi connectivity index (χ0v) is 16.4. The van der Waals surface area contributed by atoms with Crippen molar-refractivity contribution in [2.75, 3.05) is 24.5 Å². The summed E-state index contributed by atoms with van der Waals surface area (Å²) in [6.07, 6.45) is -8.49. The number of carbonyl (C=O) groups excluding carboxylic acids is 1. The Bertz CT molecular complexity index is 733. The molecule has 1 aromatic rings. The van der Waals surface area contributed by atoms with Gasteiger partial charge in [0.2, 0.25) is 5.91 Å². The van der Waals surface area contributed by atoms with E-state index in [0.717, 1.165) is 12.1 Å². The highest BCUT2D eigenvalue weighted by Crippen LogP contribution is 2.35. The fourth-order valence-electron chi connectivity index (χ4n) is 2.96. The first-order valence-corrected chi connectivity index (χ1v) is 9.09. The molecule has 1 atom stereocenters. The van der Waals surface area contributed by atoms with E-state index < -0.39 is 47.7 Å². The van der Waals surface area contributed by atoms with Crippen LogP contribution < -0.4 is 4.90 Å². The summed E-state index contributed by atoms with van der Waals surface area (Å²) in [6, 6.07) is 2.33. The lowest BCUT2D eigenvalue weighted by atomic mass is 10.1. The number of nitriles is 1. The smallest absolute Gasteiger partial charge is 0.351 e. The second kappa shape index (κ2) is 9.85. The standard InChI is InChI=1S/C19H23F6N3O/c1-4-8-27(9-5-2)17(29)13(3)28(12-18(20,21)22)15-7-6-14(11-26)16(10-15)19(23,24)25/h6-7,10,13H,4-5,8-9,12H2,1-3H3/t13-/m0/s1. The summed E-state index contributed by atoms with van der Waals surface area (Å²) in [7, 11) is 0. The highest BCUT2D eigenvalue weighted by atomic mass is 19.4. The second-order valence-electron chi connectivity index (χ2n) is 6.58. The highest BCUT2D eigenvalue weighted by molar-refractivity contribution is 5.85. The summed E-state index contributed by atoms with van der Waals surface area (Å²) in [4.78, 5) is 14.8. The van der Waals surface area contributed by atoms with Crippen molar-refractivity contribution < 1.29 is 31.1 Å². The molecule has 29 heavy (non-hydrogen) atoms. The molecule has 0 aliphatic heterocycles. The molecule has 0 bridgehead atoms. The molecule has 0 fully saturated rings. The van der Waals surface area contributed by atoms with Crippen LogP contribution in [0.2, 0.25) is 0 Å². The van der Waals surface area contributed by atoms with Crippen molar-refractivity contribution in [3.05, 3.63) is 29.3 Å². The van der Waals surface area contributed by atoms with Gasteiger partial charge in [-0.25, -0.2) is 0 Å². The van der Waals surface area contributed by atoms with E-state index in [4.69, 9.17) is 5.26 Å². The van der Waals surface area contributed by atoms with E-state index in [1.807, 2.05) is 13.8 Å². The number of benzene rings is 1.